The van der Waals surface area contributed by atoms with E-state index in [2.05, 4.69) is 16.5 Å². The van der Waals surface area contributed by atoms with Crippen LogP contribution in [0.4, 0.5) is 5.82 Å². The second-order valence-corrected chi connectivity index (χ2v) is 5.27. The molecule has 2 rings (SSSR count). The molecule has 0 bridgehead atoms. The Morgan fingerprint density at radius 1 is 1.67 bits per heavy atom. The largest absolute Gasteiger partial charge is 0.384 e. The summed E-state index contributed by atoms with van der Waals surface area (Å²) < 4.78 is 2.10. The highest BCUT2D eigenvalue weighted by molar-refractivity contribution is 7.99. The van der Waals surface area contributed by atoms with Gasteiger partial charge in [-0.25, -0.2) is 4.98 Å². The molecule has 84 valence electrons. The highest BCUT2D eigenvalue weighted by Crippen LogP contribution is 2.34. The Morgan fingerprint density at radius 2 is 2.53 bits per heavy atom. The minimum atomic E-state index is 0.595. The van der Waals surface area contributed by atoms with Gasteiger partial charge in [-0.2, -0.15) is 11.8 Å². The van der Waals surface area contributed by atoms with Crippen molar-refractivity contribution in [3.63, 3.8) is 0 Å². The third kappa shape index (κ3) is 2.30. The first-order valence-electron chi connectivity index (χ1n) is 5.71. The van der Waals surface area contributed by atoms with E-state index in [1.54, 1.807) is 0 Å². The van der Waals surface area contributed by atoms with Gasteiger partial charge in [-0.15, -0.1) is 0 Å². The number of unbranched alkanes of at least 4 members (excludes halogenated alkanes) is 1. The molecular weight excluding hydrogens is 206 g/mol. The van der Waals surface area contributed by atoms with Crippen LogP contribution < -0.4 is 5.73 Å². The highest BCUT2D eigenvalue weighted by atomic mass is 32.2. The fourth-order valence-electron chi connectivity index (χ4n) is 1.98. The van der Waals surface area contributed by atoms with Crippen LogP contribution in [0.1, 0.15) is 37.8 Å². The van der Waals surface area contributed by atoms with Crippen molar-refractivity contribution < 1.29 is 0 Å². The van der Waals surface area contributed by atoms with Crippen molar-refractivity contribution in [2.45, 2.75) is 38.6 Å². The van der Waals surface area contributed by atoms with E-state index in [0.29, 0.717) is 5.92 Å². The molecule has 15 heavy (non-hydrogen) atoms. The summed E-state index contributed by atoms with van der Waals surface area (Å²) >= 11 is 2.01. The van der Waals surface area contributed by atoms with Gasteiger partial charge in [0.05, 0.1) is 12.0 Å². The Bertz CT molecular complexity index is 316. The lowest BCUT2D eigenvalue weighted by Crippen LogP contribution is -2.06. The van der Waals surface area contributed by atoms with Crippen molar-refractivity contribution in [1.82, 2.24) is 9.55 Å². The maximum absolute atomic E-state index is 6.12. The second-order valence-electron chi connectivity index (χ2n) is 4.12. The standard InChI is InChI=1S/C11H19N3S/c1-2-3-5-14-8-13-10(11(14)12)9-4-6-15-7-9/h8-9H,2-7,12H2,1H3. The van der Waals surface area contributed by atoms with E-state index in [0.717, 1.165) is 18.1 Å². The molecule has 2 heterocycles. The van der Waals surface area contributed by atoms with Crippen LogP contribution in [0.5, 0.6) is 0 Å². The van der Waals surface area contributed by atoms with Crippen LogP contribution in [0.2, 0.25) is 0 Å². The molecule has 1 fully saturated rings. The molecule has 0 radical (unpaired) electrons. The molecule has 3 nitrogen and oxygen atoms in total. The Morgan fingerprint density at radius 3 is 3.20 bits per heavy atom. The van der Waals surface area contributed by atoms with Crippen LogP contribution in [0, 0.1) is 0 Å². The van der Waals surface area contributed by atoms with Gasteiger partial charge in [-0.05, 0) is 18.6 Å². The summed E-state index contributed by atoms with van der Waals surface area (Å²) in [5.41, 5.74) is 7.25. The number of aromatic nitrogens is 2. The minimum absolute atomic E-state index is 0.595. The topological polar surface area (TPSA) is 43.8 Å². The molecule has 1 unspecified atom stereocenters. The number of anilines is 1. The first kappa shape index (κ1) is 10.9. The van der Waals surface area contributed by atoms with E-state index < -0.39 is 0 Å². The Labute approximate surface area is 95.4 Å². The van der Waals surface area contributed by atoms with Crippen LogP contribution in [-0.4, -0.2) is 21.1 Å². The normalized spacial score (nSPS) is 21.0. The number of hydrogen-bond acceptors (Lipinski definition) is 3. The number of imidazole rings is 1. The van der Waals surface area contributed by atoms with E-state index >= 15 is 0 Å². The van der Waals surface area contributed by atoms with Gasteiger partial charge < -0.3 is 10.3 Å². The summed E-state index contributed by atoms with van der Waals surface area (Å²) in [5, 5.41) is 0. The molecule has 0 spiro atoms. The van der Waals surface area contributed by atoms with Gasteiger partial charge in [0.1, 0.15) is 5.82 Å². The summed E-state index contributed by atoms with van der Waals surface area (Å²) in [6.45, 7) is 3.21. The van der Waals surface area contributed by atoms with Crippen molar-refractivity contribution in [3.05, 3.63) is 12.0 Å². The summed E-state index contributed by atoms with van der Waals surface area (Å²) in [4.78, 5) is 4.48. The van der Waals surface area contributed by atoms with Crippen LogP contribution in [0.15, 0.2) is 6.33 Å². The van der Waals surface area contributed by atoms with Crippen LogP contribution in [0.25, 0.3) is 0 Å². The zero-order chi connectivity index (χ0) is 10.7. The third-order valence-corrected chi connectivity index (χ3v) is 4.14. The Kier molecular flexibility index (Phi) is 3.57. The lowest BCUT2D eigenvalue weighted by Gasteiger charge is -2.08. The average Bonchev–Trinajstić information content (AvgIpc) is 2.84. The predicted octanol–water partition coefficient (Wildman–Crippen LogP) is 2.49. The lowest BCUT2D eigenvalue weighted by molar-refractivity contribution is 0.636. The molecule has 1 saturated heterocycles. The molecule has 0 amide bonds. The van der Waals surface area contributed by atoms with Gasteiger partial charge in [-0.3, -0.25) is 0 Å². The van der Waals surface area contributed by atoms with Crippen molar-refractivity contribution in [2.75, 3.05) is 17.2 Å². The summed E-state index contributed by atoms with van der Waals surface area (Å²) in [5.74, 6) is 3.94. The van der Waals surface area contributed by atoms with E-state index in [4.69, 9.17) is 5.73 Å². The smallest absolute Gasteiger partial charge is 0.126 e. The van der Waals surface area contributed by atoms with Crippen molar-refractivity contribution in [3.8, 4) is 0 Å². The lowest BCUT2D eigenvalue weighted by atomic mass is 10.1. The quantitative estimate of drug-likeness (QED) is 0.856. The second kappa shape index (κ2) is 4.92. The van der Waals surface area contributed by atoms with Gasteiger partial charge in [0.25, 0.3) is 0 Å². The zero-order valence-electron chi connectivity index (χ0n) is 9.28. The van der Waals surface area contributed by atoms with Crippen molar-refractivity contribution in [2.24, 2.45) is 0 Å². The van der Waals surface area contributed by atoms with Gasteiger partial charge in [0.2, 0.25) is 0 Å². The van der Waals surface area contributed by atoms with Gasteiger partial charge >= 0.3 is 0 Å². The number of nitrogens with zero attached hydrogens (tertiary/aromatic N) is 2. The monoisotopic (exact) mass is 225 g/mol. The molecular formula is C11H19N3S. The van der Waals surface area contributed by atoms with Crippen molar-refractivity contribution in [1.29, 1.82) is 0 Å². The summed E-state index contributed by atoms with van der Waals surface area (Å²) in [7, 11) is 0. The molecule has 1 aliphatic rings. The van der Waals surface area contributed by atoms with Crippen molar-refractivity contribution >= 4 is 17.6 Å². The van der Waals surface area contributed by atoms with E-state index in [-0.39, 0.29) is 0 Å². The molecule has 0 aromatic carbocycles. The zero-order valence-corrected chi connectivity index (χ0v) is 10.1. The Balaban J connectivity index is 2.08. The maximum atomic E-state index is 6.12. The fraction of sp³-hybridized carbons (Fsp3) is 0.727. The number of nitrogens with two attached hydrogens (primary N) is 1. The molecule has 0 aliphatic carbocycles. The number of nitrogen functional groups attached to an aromatic ring is 1. The first-order valence-corrected chi connectivity index (χ1v) is 6.86. The van der Waals surface area contributed by atoms with E-state index in [1.165, 1.54) is 30.8 Å². The third-order valence-electron chi connectivity index (χ3n) is 2.98. The molecule has 1 aliphatic heterocycles. The SMILES string of the molecule is CCCCn1cnc(C2CCSC2)c1N. The molecule has 2 N–H and O–H groups in total. The minimum Gasteiger partial charge on any atom is -0.384 e. The van der Waals surface area contributed by atoms with Crippen LogP contribution in [0.3, 0.4) is 0 Å². The summed E-state index contributed by atoms with van der Waals surface area (Å²) in [6, 6.07) is 0. The van der Waals surface area contributed by atoms with Gasteiger partial charge in [0.15, 0.2) is 0 Å². The fourth-order valence-corrected chi connectivity index (χ4v) is 3.21. The Hall–Kier alpha value is -0.640. The predicted molar refractivity (Wildman–Crippen MR) is 66.2 cm³/mol. The van der Waals surface area contributed by atoms with Gasteiger partial charge in [0, 0.05) is 18.2 Å². The molecule has 1 atom stereocenters. The van der Waals surface area contributed by atoms with Crippen LogP contribution >= 0.6 is 11.8 Å². The molecule has 1 aromatic rings. The van der Waals surface area contributed by atoms with Crippen LogP contribution in [-0.2, 0) is 6.54 Å². The average molecular weight is 225 g/mol. The number of rotatable bonds is 4. The highest BCUT2D eigenvalue weighted by Gasteiger charge is 2.22. The maximum Gasteiger partial charge on any atom is 0.126 e. The first-order chi connectivity index (χ1) is 7.33. The van der Waals surface area contributed by atoms with E-state index in [1.807, 2.05) is 18.1 Å². The molecule has 0 saturated carbocycles. The molecule has 4 heteroatoms. The number of thioether (sulfide) groups is 1. The van der Waals surface area contributed by atoms with E-state index in [9.17, 15) is 0 Å². The van der Waals surface area contributed by atoms with Gasteiger partial charge in [-0.1, -0.05) is 13.3 Å². The number of hydrogen-bond donors (Lipinski definition) is 1. The molecule has 1 aromatic heterocycles. The number of aryl methyl sites for hydroxylation is 1. The summed E-state index contributed by atoms with van der Waals surface area (Å²) in [6.07, 6.45) is 5.52.